The fourth-order valence-electron chi connectivity index (χ4n) is 2.57. The summed E-state index contributed by atoms with van der Waals surface area (Å²) in [6.45, 7) is 1.14. The van der Waals surface area contributed by atoms with Crippen LogP contribution in [0.15, 0.2) is 59.8 Å². The first-order valence-corrected chi connectivity index (χ1v) is 9.78. The standard InChI is InChI=1S/C19H19ClN4O2S/c20-15-7-4-8-16(11-15)21-12-17-22-23-19(27-13-18(25)26)24(17)10-9-14-5-2-1-3-6-14/h1-8,11,21H,9-10,12-13H2,(H,25,26). The molecule has 1 heterocycles. The second kappa shape index (κ2) is 9.43. The number of carboxylic acids is 1. The van der Waals surface area contributed by atoms with Crippen molar-refractivity contribution in [2.75, 3.05) is 11.1 Å². The maximum Gasteiger partial charge on any atom is 0.313 e. The SMILES string of the molecule is O=C(O)CSc1nnc(CNc2cccc(Cl)c2)n1CCc1ccccc1. The monoisotopic (exact) mass is 402 g/mol. The average Bonchev–Trinajstić information content (AvgIpc) is 3.06. The topological polar surface area (TPSA) is 80.0 Å². The first-order valence-electron chi connectivity index (χ1n) is 8.42. The van der Waals surface area contributed by atoms with Gasteiger partial charge in [-0.3, -0.25) is 4.79 Å². The van der Waals surface area contributed by atoms with Crippen molar-refractivity contribution < 1.29 is 9.90 Å². The molecule has 0 saturated heterocycles. The molecular formula is C19H19ClN4O2S. The Bertz CT molecular complexity index is 902. The molecule has 0 fully saturated rings. The second-order valence-corrected chi connectivity index (χ2v) is 7.21. The first-order chi connectivity index (χ1) is 13.1. The number of rotatable bonds is 9. The van der Waals surface area contributed by atoms with Crippen molar-refractivity contribution in [1.29, 1.82) is 0 Å². The van der Waals surface area contributed by atoms with E-state index in [9.17, 15) is 4.79 Å². The second-order valence-electron chi connectivity index (χ2n) is 5.83. The van der Waals surface area contributed by atoms with Crippen LogP contribution < -0.4 is 5.32 Å². The van der Waals surface area contributed by atoms with Crippen molar-refractivity contribution in [3.63, 3.8) is 0 Å². The fraction of sp³-hybridized carbons (Fsp3) is 0.211. The molecule has 0 aliphatic rings. The number of aliphatic carboxylic acids is 1. The van der Waals surface area contributed by atoms with Crippen LogP contribution in [0, 0.1) is 0 Å². The van der Waals surface area contributed by atoms with Crippen LogP contribution in [0.3, 0.4) is 0 Å². The lowest BCUT2D eigenvalue weighted by Gasteiger charge is -2.11. The van der Waals surface area contributed by atoms with Crippen molar-refractivity contribution in [3.05, 3.63) is 71.0 Å². The minimum Gasteiger partial charge on any atom is -0.481 e. The zero-order valence-corrected chi connectivity index (χ0v) is 16.1. The zero-order chi connectivity index (χ0) is 19.1. The predicted octanol–water partition coefficient (Wildman–Crippen LogP) is 3.96. The Morgan fingerprint density at radius 1 is 1.15 bits per heavy atom. The first kappa shape index (κ1) is 19.3. The van der Waals surface area contributed by atoms with Crippen molar-refractivity contribution in [2.45, 2.75) is 24.7 Å². The molecule has 27 heavy (non-hydrogen) atoms. The number of carbonyl (C=O) groups is 1. The van der Waals surface area contributed by atoms with Crippen molar-refractivity contribution in [1.82, 2.24) is 14.8 Å². The molecule has 0 atom stereocenters. The van der Waals surface area contributed by atoms with Gasteiger partial charge in [0.25, 0.3) is 0 Å². The number of hydrogen-bond donors (Lipinski definition) is 2. The number of thioether (sulfide) groups is 1. The van der Waals surface area contributed by atoms with E-state index < -0.39 is 5.97 Å². The molecule has 140 valence electrons. The van der Waals surface area contributed by atoms with E-state index >= 15 is 0 Å². The summed E-state index contributed by atoms with van der Waals surface area (Å²) in [7, 11) is 0. The van der Waals surface area contributed by atoms with E-state index in [0.29, 0.717) is 23.3 Å². The Labute approximate surface area is 166 Å². The highest BCUT2D eigenvalue weighted by Crippen LogP contribution is 2.20. The Hall–Kier alpha value is -2.51. The highest BCUT2D eigenvalue weighted by atomic mass is 35.5. The number of nitrogens with one attached hydrogen (secondary N) is 1. The summed E-state index contributed by atoms with van der Waals surface area (Å²) in [4.78, 5) is 10.9. The number of hydrogen-bond acceptors (Lipinski definition) is 5. The van der Waals surface area contributed by atoms with Crippen LogP contribution >= 0.6 is 23.4 Å². The van der Waals surface area contributed by atoms with E-state index in [-0.39, 0.29) is 5.75 Å². The molecule has 0 saturated carbocycles. The summed E-state index contributed by atoms with van der Waals surface area (Å²) >= 11 is 7.19. The van der Waals surface area contributed by atoms with Crippen LogP contribution in [0.25, 0.3) is 0 Å². The maximum absolute atomic E-state index is 10.9. The van der Waals surface area contributed by atoms with Crippen LogP contribution in [0.1, 0.15) is 11.4 Å². The Kier molecular flexibility index (Phi) is 6.73. The van der Waals surface area contributed by atoms with E-state index in [1.54, 1.807) is 0 Å². The molecule has 2 aromatic carbocycles. The van der Waals surface area contributed by atoms with Gasteiger partial charge < -0.3 is 15.0 Å². The smallest absolute Gasteiger partial charge is 0.313 e. The number of nitrogens with zero attached hydrogens (tertiary/aromatic N) is 3. The van der Waals surface area contributed by atoms with E-state index in [2.05, 4.69) is 27.6 Å². The molecule has 0 amide bonds. The largest absolute Gasteiger partial charge is 0.481 e. The molecule has 0 bridgehead atoms. The van der Waals surface area contributed by atoms with E-state index in [0.717, 1.165) is 17.9 Å². The molecule has 6 nitrogen and oxygen atoms in total. The summed E-state index contributed by atoms with van der Waals surface area (Å²) in [5.41, 5.74) is 2.09. The zero-order valence-electron chi connectivity index (χ0n) is 14.5. The summed E-state index contributed by atoms with van der Waals surface area (Å²) < 4.78 is 1.97. The Morgan fingerprint density at radius 3 is 2.70 bits per heavy atom. The summed E-state index contributed by atoms with van der Waals surface area (Å²) in [6, 6.07) is 17.6. The molecule has 3 rings (SSSR count). The molecule has 0 radical (unpaired) electrons. The fourth-order valence-corrected chi connectivity index (χ4v) is 3.47. The van der Waals surface area contributed by atoms with Crippen LogP contribution in [-0.4, -0.2) is 31.6 Å². The Balaban J connectivity index is 1.74. The summed E-state index contributed by atoms with van der Waals surface area (Å²) in [5, 5.41) is 21.9. The van der Waals surface area contributed by atoms with Gasteiger partial charge in [-0.15, -0.1) is 10.2 Å². The number of aryl methyl sites for hydroxylation is 1. The quantitative estimate of drug-likeness (QED) is 0.527. The van der Waals surface area contributed by atoms with Gasteiger partial charge in [0.1, 0.15) is 0 Å². The van der Waals surface area contributed by atoms with Gasteiger partial charge in [-0.05, 0) is 30.2 Å². The highest BCUT2D eigenvalue weighted by Gasteiger charge is 2.14. The minimum absolute atomic E-state index is 0.0504. The van der Waals surface area contributed by atoms with Gasteiger partial charge in [-0.25, -0.2) is 0 Å². The molecule has 3 aromatic rings. The maximum atomic E-state index is 10.9. The third-order valence-corrected chi connectivity index (χ3v) is 5.05. The van der Waals surface area contributed by atoms with Gasteiger partial charge >= 0.3 is 5.97 Å². The summed E-state index contributed by atoms with van der Waals surface area (Å²) in [6.07, 6.45) is 0.809. The molecule has 1 aromatic heterocycles. The average molecular weight is 403 g/mol. The minimum atomic E-state index is -0.879. The van der Waals surface area contributed by atoms with Gasteiger partial charge in [-0.1, -0.05) is 59.8 Å². The molecule has 0 unspecified atom stereocenters. The third-order valence-electron chi connectivity index (χ3n) is 3.86. The van der Waals surface area contributed by atoms with Crippen LogP contribution in [0.2, 0.25) is 5.02 Å². The molecular weight excluding hydrogens is 384 g/mol. The third kappa shape index (κ3) is 5.74. The van der Waals surface area contributed by atoms with Gasteiger partial charge in [0.15, 0.2) is 11.0 Å². The van der Waals surface area contributed by atoms with E-state index in [1.807, 2.05) is 47.0 Å². The number of aromatic nitrogens is 3. The van der Waals surface area contributed by atoms with Crippen LogP contribution in [-0.2, 0) is 24.3 Å². The molecule has 0 aliphatic heterocycles. The number of benzene rings is 2. The molecule has 2 N–H and O–H groups in total. The Morgan fingerprint density at radius 2 is 1.96 bits per heavy atom. The van der Waals surface area contributed by atoms with Gasteiger partial charge in [0.05, 0.1) is 12.3 Å². The van der Waals surface area contributed by atoms with Crippen molar-refractivity contribution in [2.24, 2.45) is 0 Å². The normalized spacial score (nSPS) is 10.7. The van der Waals surface area contributed by atoms with Crippen LogP contribution in [0.5, 0.6) is 0 Å². The molecule has 0 aliphatic carbocycles. The van der Waals surface area contributed by atoms with Gasteiger partial charge in [-0.2, -0.15) is 0 Å². The lowest BCUT2D eigenvalue weighted by atomic mass is 10.1. The molecule has 8 heteroatoms. The number of halogens is 1. The highest BCUT2D eigenvalue weighted by molar-refractivity contribution is 7.99. The number of anilines is 1. The van der Waals surface area contributed by atoms with Crippen LogP contribution in [0.4, 0.5) is 5.69 Å². The summed E-state index contributed by atoms with van der Waals surface area (Å²) in [5.74, 6) is -0.180. The lowest BCUT2D eigenvalue weighted by molar-refractivity contribution is -0.133. The molecule has 0 spiro atoms. The van der Waals surface area contributed by atoms with Crippen molar-refractivity contribution in [3.8, 4) is 0 Å². The van der Waals surface area contributed by atoms with E-state index in [1.165, 1.54) is 17.3 Å². The van der Waals surface area contributed by atoms with Crippen molar-refractivity contribution >= 4 is 35.0 Å². The van der Waals surface area contributed by atoms with Gasteiger partial charge in [0.2, 0.25) is 0 Å². The van der Waals surface area contributed by atoms with E-state index in [4.69, 9.17) is 16.7 Å². The van der Waals surface area contributed by atoms with Gasteiger partial charge in [0, 0.05) is 17.3 Å². The number of carboxylic acid groups (broad SMARTS) is 1. The lowest BCUT2D eigenvalue weighted by Crippen LogP contribution is -2.12. The predicted molar refractivity (Wildman–Crippen MR) is 107 cm³/mol.